The first kappa shape index (κ1) is 16.4. The highest BCUT2D eigenvalue weighted by Gasteiger charge is 2.33. The molecule has 2 aliphatic heterocycles. The lowest BCUT2D eigenvalue weighted by Gasteiger charge is -2.35. The normalized spacial score (nSPS) is 23.2. The molecule has 3 rings (SSSR count). The summed E-state index contributed by atoms with van der Waals surface area (Å²) in [7, 11) is -3.49. The average Bonchev–Trinajstić information content (AvgIpc) is 3.09. The Hall–Kier alpha value is -1.44. The number of nitrogens with zero attached hydrogens (tertiary/aromatic N) is 2. The summed E-state index contributed by atoms with van der Waals surface area (Å²) in [5.74, 6) is -0.00453. The largest absolute Gasteiger partial charge is 0.368 e. The van der Waals surface area contributed by atoms with Crippen LogP contribution >= 0.6 is 0 Å². The van der Waals surface area contributed by atoms with E-state index in [2.05, 4.69) is 0 Å². The van der Waals surface area contributed by atoms with Gasteiger partial charge >= 0.3 is 0 Å². The molecule has 0 aromatic heterocycles. The lowest BCUT2D eigenvalue weighted by Crippen LogP contribution is -2.52. The van der Waals surface area contributed by atoms with Crippen LogP contribution in [0, 0.1) is 6.92 Å². The molecule has 23 heavy (non-hydrogen) atoms. The number of hydrogen-bond acceptors (Lipinski definition) is 4. The van der Waals surface area contributed by atoms with E-state index in [1.807, 2.05) is 13.0 Å². The van der Waals surface area contributed by atoms with Crippen LogP contribution in [0.4, 0.5) is 0 Å². The molecular formula is C16H22N2O4S. The Labute approximate surface area is 137 Å². The molecule has 2 fully saturated rings. The van der Waals surface area contributed by atoms with Crippen molar-refractivity contribution in [1.29, 1.82) is 0 Å². The van der Waals surface area contributed by atoms with Gasteiger partial charge in [-0.1, -0.05) is 12.1 Å². The first-order chi connectivity index (χ1) is 11.0. The third kappa shape index (κ3) is 3.41. The molecule has 2 aliphatic rings. The van der Waals surface area contributed by atoms with Crippen LogP contribution in [0.15, 0.2) is 29.2 Å². The first-order valence-corrected chi connectivity index (χ1v) is 9.40. The van der Waals surface area contributed by atoms with Gasteiger partial charge in [0.05, 0.1) is 4.90 Å². The first-order valence-electron chi connectivity index (χ1n) is 7.96. The van der Waals surface area contributed by atoms with E-state index in [1.54, 1.807) is 23.1 Å². The fourth-order valence-electron chi connectivity index (χ4n) is 3.05. The Morgan fingerprint density at radius 2 is 1.96 bits per heavy atom. The second kappa shape index (κ2) is 6.59. The third-order valence-electron chi connectivity index (χ3n) is 4.38. The Balaban J connectivity index is 1.65. The van der Waals surface area contributed by atoms with Crippen LogP contribution in [0.25, 0.3) is 0 Å². The van der Waals surface area contributed by atoms with Crippen molar-refractivity contribution in [2.75, 3.05) is 32.8 Å². The molecule has 7 heteroatoms. The van der Waals surface area contributed by atoms with Gasteiger partial charge in [0, 0.05) is 32.8 Å². The van der Waals surface area contributed by atoms with Gasteiger partial charge in [-0.05, 0) is 37.5 Å². The highest BCUT2D eigenvalue weighted by molar-refractivity contribution is 7.89. The molecule has 1 amide bonds. The highest BCUT2D eigenvalue weighted by atomic mass is 32.2. The minimum Gasteiger partial charge on any atom is -0.368 e. The maximum Gasteiger partial charge on any atom is 0.251 e. The van der Waals surface area contributed by atoms with E-state index in [1.165, 1.54) is 4.31 Å². The molecule has 0 bridgehead atoms. The van der Waals surface area contributed by atoms with Gasteiger partial charge in [0.2, 0.25) is 10.0 Å². The van der Waals surface area contributed by atoms with Crippen molar-refractivity contribution >= 4 is 15.9 Å². The molecule has 0 spiro atoms. The molecule has 0 aliphatic carbocycles. The van der Waals surface area contributed by atoms with Gasteiger partial charge in [0.15, 0.2) is 0 Å². The Kier molecular flexibility index (Phi) is 4.70. The summed E-state index contributed by atoms with van der Waals surface area (Å²) in [6, 6.07) is 6.92. The zero-order chi connectivity index (χ0) is 16.4. The Bertz CT molecular complexity index is 675. The molecule has 0 radical (unpaired) electrons. The Morgan fingerprint density at radius 3 is 2.57 bits per heavy atom. The molecule has 1 aromatic rings. The summed E-state index contributed by atoms with van der Waals surface area (Å²) in [4.78, 5) is 14.3. The fraction of sp³-hybridized carbons (Fsp3) is 0.562. The van der Waals surface area contributed by atoms with E-state index < -0.39 is 10.0 Å². The number of amides is 1. The predicted octanol–water partition coefficient (Wildman–Crippen LogP) is 1.01. The number of benzene rings is 1. The molecule has 2 heterocycles. The number of ether oxygens (including phenoxy) is 1. The standard InChI is InChI=1S/C16H22N2O4S/c1-13-4-2-5-14(12-13)23(20,21)18-9-7-17(8-10-18)16(19)15-6-3-11-22-15/h2,4-5,12,15H,3,6-11H2,1H3. The monoisotopic (exact) mass is 338 g/mol. The van der Waals surface area contributed by atoms with Gasteiger partial charge in [-0.3, -0.25) is 4.79 Å². The van der Waals surface area contributed by atoms with Crippen LogP contribution in [0.3, 0.4) is 0 Å². The smallest absolute Gasteiger partial charge is 0.251 e. The van der Waals surface area contributed by atoms with Crippen LogP contribution in [-0.2, 0) is 19.6 Å². The maximum atomic E-state index is 12.7. The van der Waals surface area contributed by atoms with E-state index in [0.29, 0.717) is 37.7 Å². The summed E-state index contributed by atoms with van der Waals surface area (Å²) in [6.45, 7) is 4.01. The maximum absolute atomic E-state index is 12.7. The highest BCUT2D eigenvalue weighted by Crippen LogP contribution is 2.20. The van der Waals surface area contributed by atoms with Gasteiger partial charge in [-0.2, -0.15) is 4.31 Å². The molecule has 6 nitrogen and oxygen atoms in total. The second-order valence-electron chi connectivity index (χ2n) is 6.05. The van der Waals surface area contributed by atoms with Gasteiger partial charge in [-0.15, -0.1) is 0 Å². The number of hydrogen-bond donors (Lipinski definition) is 0. The van der Waals surface area contributed by atoms with Crippen molar-refractivity contribution < 1.29 is 17.9 Å². The van der Waals surface area contributed by atoms with Gasteiger partial charge in [0.1, 0.15) is 6.10 Å². The molecule has 126 valence electrons. The quantitative estimate of drug-likeness (QED) is 0.825. The summed E-state index contributed by atoms with van der Waals surface area (Å²) >= 11 is 0. The third-order valence-corrected chi connectivity index (χ3v) is 6.28. The van der Waals surface area contributed by atoms with E-state index in [9.17, 15) is 13.2 Å². The SMILES string of the molecule is Cc1cccc(S(=O)(=O)N2CCN(C(=O)C3CCCO3)CC2)c1. The van der Waals surface area contributed by atoms with Crippen LogP contribution in [0.1, 0.15) is 18.4 Å². The van der Waals surface area contributed by atoms with Crippen molar-refractivity contribution in [2.45, 2.75) is 30.8 Å². The number of rotatable bonds is 3. The number of sulfonamides is 1. The zero-order valence-electron chi connectivity index (χ0n) is 13.3. The van der Waals surface area contributed by atoms with Crippen LogP contribution in [0.5, 0.6) is 0 Å². The summed E-state index contributed by atoms with van der Waals surface area (Å²) in [5, 5.41) is 0. The summed E-state index contributed by atoms with van der Waals surface area (Å²) < 4.78 is 32.2. The van der Waals surface area contributed by atoms with Gasteiger partial charge in [-0.25, -0.2) is 8.42 Å². The summed E-state index contributed by atoms with van der Waals surface area (Å²) in [6.07, 6.45) is 1.34. The topological polar surface area (TPSA) is 66.9 Å². The average molecular weight is 338 g/mol. The van der Waals surface area contributed by atoms with Crippen molar-refractivity contribution in [2.24, 2.45) is 0 Å². The number of piperazine rings is 1. The predicted molar refractivity (Wildman–Crippen MR) is 85.5 cm³/mol. The van der Waals surface area contributed by atoms with Crippen molar-refractivity contribution in [3.05, 3.63) is 29.8 Å². The molecule has 0 N–H and O–H groups in total. The van der Waals surface area contributed by atoms with E-state index >= 15 is 0 Å². The molecule has 1 atom stereocenters. The van der Waals surface area contributed by atoms with E-state index in [-0.39, 0.29) is 12.0 Å². The second-order valence-corrected chi connectivity index (χ2v) is 7.99. The minimum atomic E-state index is -3.49. The number of carbonyl (C=O) groups excluding carboxylic acids is 1. The van der Waals surface area contributed by atoms with Crippen molar-refractivity contribution in [3.8, 4) is 0 Å². The molecule has 1 unspecified atom stereocenters. The number of aryl methyl sites for hydroxylation is 1. The van der Waals surface area contributed by atoms with Crippen LogP contribution in [-0.4, -0.2) is 62.4 Å². The van der Waals surface area contributed by atoms with Gasteiger partial charge in [0.25, 0.3) is 5.91 Å². The van der Waals surface area contributed by atoms with Crippen molar-refractivity contribution in [1.82, 2.24) is 9.21 Å². The fourth-order valence-corrected chi connectivity index (χ4v) is 4.58. The Morgan fingerprint density at radius 1 is 1.22 bits per heavy atom. The lowest BCUT2D eigenvalue weighted by molar-refractivity contribution is -0.142. The van der Waals surface area contributed by atoms with Crippen LogP contribution in [0.2, 0.25) is 0 Å². The molecule has 0 saturated carbocycles. The summed E-state index contributed by atoms with van der Waals surface area (Å²) in [5.41, 5.74) is 0.915. The minimum absolute atomic E-state index is 0.00453. The lowest BCUT2D eigenvalue weighted by atomic mass is 10.2. The number of carbonyl (C=O) groups is 1. The zero-order valence-corrected chi connectivity index (χ0v) is 14.1. The molecule has 1 aromatic carbocycles. The van der Waals surface area contributed by atoms with Gasteiger partial charge < -0.3 is 9.64 Å². The van der Waals surface area contributed by atoms with E-state index in [4.69, 9.17) is 4.74 Å². The van der Waals surface area contributed by atoms with Crippen molar-refractivity contribution in [3.63, 3.8) is 0 Å². The molecule has 2 saturated heterocycles. The molecular weight excluding hydrogens is 316 g/mol. The van der Waals surface area contributed by atoms with Crippen LogP contribution < -0.4 is 0 Å². The van der Waals surface area contributed by atoms with E-state index in [0.717, 1.165) is 18.4 Å².